The van der Waals surface area contributed by atoms with Crippen molar-refractivity contribution >= 4 is 11.6 Å². The first-order chi connectivity index (χ1) is 8.58. The van der Waals surface area contributed by atoms with Crippen LogP contribution >= 0.6 is 0 Å². The second-order valence-corrected chi connectivity index (χ2v) is 4.48. The fraction of sp³-hybridized carbons (Fsp3) is 0.143. The average molecular weight is 238 g/mol. The van der Waals surface area contributed by atoms with E-state index in [0.29, 0.717) is 22.5 Å². The lowest BCUT2D eigenvalue weighted by Gasteiger charge is -2.16. The Morgan fingerprint density at radius 1 is 0.778 bits per heavy atom. The molecule has 4 nitrogen and oxygen atoms in total. The predicted molar refractivity (Wildman–Crippen MR) is 65.6 cm³/mol. The number of rotatable bonds is 0. The van der Waals surface area contributed by atoms with E-state index >= 15 is 0 Å². The molecule has 4 heteroatoms. The van der Waals surface area contributed by atoms with Gasteiger partial charge in [0, 0.05) is 12.4 Å². The Hall–Kier alpha value is -2.36. The van der Waals surface area contributed by atoms with Gasteiger partial charge < -0.3 is 0 Å². The van der Waals surface area contributed by atoms with Gasteiger partial charge in [-0.25, -0.2) is 0 Å². The van der Waals surface area contributed by atoms with Crippen molar-refractivity contribution in [1.82, 2.24) is 9.97 Å². The maximum absolute atomic E-state index is 12.0. The van der Waals surface area contributed by atoms with Gasteiger partial charge in [0.05, 0.1) is 11.1 Å². The minimum Gasteiger partial charge on any atom is -0.285 e. The first kappa shape index (κ1) is 10.8. The van der Waals surface area contributed by atoms with Crippen molar-refractivity contribution in [1.29, 1.82) is 0 Å². The minimum absolute atomic E-state index is 0.351. The third kappa shape index (κ3) is 1.39. The Balaban J connectivity index is 2.38. The van der Waals surface area contributed by atoms with Crippen molar-refractivity contribution in [2.24, 2.45) is 0 Å². The van der Waals surface area contributed by atoms with Crippen molar-refractivity contribution in [3.8, 4) is 11.4 Å². The molecule has 0 spiro atoms. The quantitative estimate of drug-likeness (QED) is 0.660. The van der Waals surface area contributed by atoms with Crippen molar-refractivity contribution in [2.75, 3.05) is 0 Å². The Morgan fingerprint density at radius 3 is 1.56 bits per heavy atom. The van der Waals surface area contributed by atoms with Crippen LogP contribution in [0.1, 0.15) is 31.8 Å². The molecule has 0 fully saturated rings. The van der Waals surface area contributed by atoms with E-state index in [1.807, 2.05) is 13.8 Å². The number of Topliss-reactive ketones (excluding diaryl/α,β-unsaturated/α-hetero) is 2. The molecular weight excluding hydrogens is 228 g/mol. The van der Waals surface area contributed by atoms with Gasteiger partial charge in [-0.2, -0.15) is 0 Å². The molecule has 0 saturated heterocycles. The van der Waals surface area contributed by atoms with E-state index < -0.39 is 11.6 Å². The third-order valence-corrected chi connectivity index (χ3v) is 2.97. The van der Waals surface area contributed by atoms with Gasteiger partial charge in [-0.05, 0) is 37.1 Å². The van der Waals surface area contributed by atoms with Gasteiger partial charge >= 0.3 is 0 Å². The first-order valence-corrected chi connectivity index (χ1v) is 5.60. The molecule has 0 saturated carbocycles. The van der Waals surface area contributed by atoms with E-state index in [2.05, 4.69) is 9.97 Å². The second kappa shape index (κ2) is 3.57. The summed E-state index contributed by atoms with van der Waals surface area (Å²) in [6.45, 7) is 3.67. The number of pyridine rings is 2. The molecule has 1 aliphatic rings. The molecule has 0 amide bonds. The smallest absolute Gasteiger partial charge is 0.235 e. The molecule has 88 valence electrons. The van der Waals surface area contributed by atoms with Crippen LogP contribution in [0.3, 0.4) is 0 Å². The lowest BCUT2D eigenvalue weighted by Crippen LogP contribution is -2.23. The number of ketones is 2. The molecule has 2 aromatic heterocycles. The van der Waals surface area contributed by atoms with Gasteiger partial charge in [0.1, 0.15) is 11.4 Å². The normalized spacial score (nSPS) is 13.2. The number of aromatic nitrogens is 2. The highest BCUT2D eigenvalue weighted by Crippen LogP contribution is 2.30. The Kier molecular flexibility index (Phi) is 2.13. The third-order valence-electron chi connectivity index (χ3n) is 2.97. The highest BCUT2D eigenvalue weighted by atomic mass is 16.2. The minimum atomic E-state index is -0.499. The van der Waals surface area contributed by atoms with Gasteiger partial charge in [-0.3, -0.25) is 19.6 Å². The SMILES string of the molecule is Cc1cnc2c(c1)C(=O)C(=O)c1cc(C)cnc1-2. The summed E-state index contributed by atoms with van der Waals surface area (Å²) in [5, 5.41) is 0. The van der Waals surface area contributed by atoms with Crippen molar-refractivity contribution in [3.05, 3.63) is 46.8 Å². The molecule has 0 bridgehead atoms. The molecule has 0 unspecified atom stereocenters. The van der Waals surface area contributed by atoms with Crippen LogP contribution in [-0.4, -0.2) is 21.5 Å². The van der Waals surface area contributed by atoms with Crippen LogP contribution in [0.5, 0.6) is 0 Å². The molecule has 1 aliphatic carbocycles. The van der Waals surface area contributed by atoms with Crippen molar-refractivity contribution in [2.45, 2.75) is 13.8 Å². The lowest BCUT2D eigenvalue weighted by molar-refractivity contribution is 0.0814. The van der Waals surface area contributed by atoms with Crippen LogP contribution in [0, 0.1) is 13.8 Å². The maximum atomic E-state index is 12.0. The zero-order valence-corrected chi connectivity index (χ0v) is 10.0. The largest absolute Gasteiger partial charge is 0.285 e. The van der Waals surface area contributed by atoms with Crippen LogP contribution in [0.4, 0.5) is 0 Å². The molecule has 2 heterocycles. The van der Waals surface area contributed by atoms with E-state index in [1.54, 1.807) is 24.5 Å². The fourth-order valence-corrected chi connectivity index (χ4v) is 2.11. The summed E-state index contributed by atoms with van der Waals surface area (Å²) in [5.41, 5.74) is 3.41. The van der Waals surface area contributed by atoms with E-state index in [9.17, 15) is 9.59 Å². The van der Waals surface area contributed by atoms with Crippen LogP contribution < -0.4 is 0 Å². The number of carbonyl (C=O) groups is 2. The van der Waals surface area contributed by atoms with Gasteiger partial charge in [-0.15, -0.1) is 0 Å². The number of hydrogen-bond donors (Lipinski definition) is 0. The highest BCUT2D eigenvalue weighted by molar-refractivity contribution is 6.52. The van der Waals surface area contributed by atoms with Crippen molar-refractivity contribution < 1.29 is 9.59 Å². The molecule has 0 radical (unpaired) electrons. The zero-order chi connectivity index (χ0) is 12.9. The van der Waals surface area contributed by atoms with Crippen LogP contribution in [0.25, 0.3) is 11.4 Å². The molecule has 18 heavy (non-hydrogen) atoms. The maximum Gasteiger partial charge on any atom is 0.235 e. The summed E-state index contributed by atoms with van der Waals surface area (Å²) in [7, 11) is 0. The Morgan fingerprint density at radius 2 is 1.17 bits per heavy atom. The molecule has 3 rings (SSSR count). The standard InChI is InChI=1S/C14H10N2O2/c1-7-3-9-11(15-5-7)12-10(14(18)13(9)17)4-8(2)6-16-12/h3-6H,1-2H3. The number of aryl methyl sites for hydroxylation is 2. The molecule has 0 atom stereocenters. The zero-order valence-electron chi connectivity index (χ0n) is 10.0. The molecular formula is C14H10N2O2. The van der Waals surface area contributed by atoms with E-state index in [1.165, 1.54) is 0 Å². The molecule has 0 aliphatic heterocycles. The number of hydrogen-bond acceptors (Lipinski definition) is 4. The summed E-state index contributed by atoms with van der Waals surface area (Å²) in [5.74, 6) is -0.998. The van der Waals surface area contributed by atoms with Gasteiger partial charge in [0.25, 0.3) is 0 Å². The van der Waals surface area contributed by atoms with Crippen LogP contribution in [0.15, 0.2) is 24.5 Å². The molecule has 0 aromatic carbocycles. The van der Waals surface area contributed by atoms with Crippen LogP contribution in [-0.2, 0) is 0 Å². The van der Waals surface area contributed by atoms with E-state index in [-0.39, 0.29) is 0 Å². The number of nitrogens with zero attached hydrogens (tertiary/aromatic N) is 2. The monoisotopic (exact) mass is 238 g/mol. The Bertz CT molecular complexity index is 643. The second-order valence-electron chi connectivity index (χ2n) is 4.48. The summed E-state index contributed by atoms with van der Waals surface area (Å²) in [6.07, 6.45) is 3.35. The van der Waals surface area contributed by atoms with Crippen LogP contribution in [0.2, 0.25) is 0 Å². The average Bonchev–Trinajstić information content (AvgIpc) is 2.36. The summed E-state index contributed by atoms with van der Waals surface area (Å²) in [4.78, 5) is 32.5. The molecule has 0 N–H and O–H groups in total. The topological polar surface area (TPSA) is 59.9 Å². The summed E-state index contributed by atoms with van der Waals surface area (Å²) >= 11 is 0. The lowest BCUT2D eigenvalue weighted by atomic mass is 9.89. The van der Waals surface area contributed by atoms with Crippen molar-refractivity contribution in [3.63, 3.8) is 0 Å². The van der Waals surface area contributed by atoms with Gasteiger partial charge in [-0.1, -0.05) is 0 Å². The predicted octanol–water partition coefficient (Wildman–Crippen LogP) is 2.14. The first-order valence-electron chi connectivity index (χ1n) is 5.60. The fourth-order valence-electron chi connectivity index (χ4n) is 2.11. The van der Waals surface area contributed by atoms with Gasteiger partial charge in [0.15, 0.2) is 0 Å². The molecule has 2 aromatic rings. The number of carbonyl (C=O) groups excluding carboxylic acids is 2. The highest BCUT2D eigenvalue weighted by Gasteiger charge is 2.32. The van der Waals surface area contributed by atoms with Gasteiger partial charge in [0.2, 0.25) is 11.6 Å². The number of fused-ring (bicyclic) bond motifs is 3. The van der Waals surface area contributed by atoms with E-state index in [4.69, 9.17) is 0 Å². The Labute approximate surface area is 104 Å². The summed E-state index contributed by atoms with van der Waals surface area (Å²) < 4.78 is 0. The van der Waals surface area contributed by atoms with E-state index in [0.717, 1.165) is 11.1 Å². The summed E-state index contributed by atoms with van der Waals surface area (Å²) in [6, 6.07) is 3.38.